The predicted molar refractivity (Wildman–Crippen MR) is 92.1 cm³/mol. The fraction of sp³-hybridized carbons (Fsp3) is 0.500. The van der Waals surface area contributed by atoms with E-state index in [0.29, 0.717) is 23.2 Å². The lowest BCUT2D eigenvalue weighted by molar-refractivity contribution is 0.375. The molecule has 9 heteroatoms. The van der Waals surface area contributed by atoms with Crippen molar-refractivity contribution in [3.63, 3.8) is 0 Å². The molecule has 0 bridgehead atoms. The van der Waals surface area contributed by atoms with Gasteiger partial charge in [0.1, 0.15) is 5.75 Å². The van der Waals surface area contributed by atoms with Crippen molar-refractivity contribution >= 4 is 15.7 Å². The summed E-state index contributed by atoms with van der Waals surface area (Å²) in [5.41, 5.74) is 0.547. The molecule has 0 saturated heterocycles. The largest absolute Gasteiger partial charge is 0.495 e. The van der Waals surface area contributed by atoms with Gasteiger partial charge in [0.05, 0.1) is 24.2 Å². The first kappa shape index (κ1) is 17.7. The van der Waals surface area contributed by atoms with E-state index in [1.165, 1.54) is 13.2 Å². The maximum Gasteiger partial charge on any atom is 0.245 e. The fourth-order valence-electron chi connectivity index (χ4n) is 2.23. The summed E-state index contributed by atoms with van der Waals surface area (Å²) in [5.74, 6) is 1.77. The second kappa shape index (κ2) is 7.01. The average molecular weight is 366 g/mol. The molecule has 2 N–H and O–H groups in total. The van der Waals surface area contributed by atoms with E-state index >= 15 is 0 Å². The van der Waals surface area contributed by atoms with Crippen molar-refractivity contribution in [2.75, 3.05) is 12.4 Å². The molecule has 3 rings (SSSR count). The average Bonchev–Trinajstić information content (AvgIpc) is 3.24. The van der Waals surface area contributed by atoms with Gasteiger partial charge in [-0.15, -0.1) is 0 Å². The van der Waals surface area contributed by atoms with Crippen LogP contribution in [0.1, 0.15) is 44.3 Å². The summed E-state index contributed by atoms with van der Waals surface area (Å²) in [5, 5.41) is 7.00. The van der Waals surface area contributed by atoms with Crippen molar-refractivity contribution in [2.45, 2.75) is 50.1 Å². The Balaban J connectivity index is 1.77. The van der Waals surface area contributed by atoms with Crippen molar-refractivity contribution in [1.82, 2.24) is 14.9 Å². The molecule has 0 aliphatic heterocycles. The molecule has 2 aromatic rings. The van der Waals surface area contributed by atoms with Gasteiger partial charge < -0.3 is 14.6 Å². The maximum absolute atomic E-state index is 12.4. The Morgan fingerprint density at radius 3 is 2.72 bits per heavy atom. The smallest absolute Gasteiger partial charge is 0.245 e. The van der Waals surface area contributed by atoms with Gasteiger partial charge in [-0.05, 0) is 31.0 Å². The van der Waals surface area contributed by atoms with Crippen LogP contribution in [0, 0.1) is 0 Å². The molecule has 0 radical (unpaired) electrons. The molecule has 1 saturated carbocycles. The molecule has 8 nitrogen and oxygen atoms in total. The highest BCUT2D eigenvalue weighted by atomic mass is 32.2. The molecule has 25 heavy (non-hydrogen) atoms. The van der Waals surface area contributed by atoms with Crippen LogP contribution in [0.4, 0.5) is 5.69 Å². The second-order valence-corrected chi connectivity index (χ2v) is 8.03. The molecule has 1 aromatic carbocycles. The minimum atomic E-state index is -3.53. The number of aromatic nitrogens is 2. The highest BCUT2D eigenvalue weighted by Gasteiger charge is 2.28. The third-order valence-corrected chi connectivity index (χ3v) is 5.33. The number of hydrogen-bond acceptors (Lipinski definition) is 7. The summed E-state index contributed by atoms with van der Waals surface area (Å²) in [4.78, 5) is 4.48. The first-order valence-electron chi connectivity index (χ1n) is 8.16. The number of benzene rings is 1. The molecule has 1 heterocycles. The lowest BCUT2D eigenvalue weighted by Crippen LogP contribution is -2.25. The summed E-state index contributed by atoms with van der Waals surface area (Å²) in [6.45, 7) is 4.23. The standard InChI is InChI=1S/C16H22N4O4S/c1-10(2)16-18-15(24-19-16)9-17-13-8-12(6-7-14(13)23-3)25(21,22)20-11-4-5-11/h6-8,10-11,17,20H,4-5,9H2,1-3H3. The van der Waals surface area contributed by atoms with E-state index in [1.54, 1.807) is 12.1 Å². The number of sulfonamides is 1. The van der Waals surface area contributed by atoms with E-state index in [9.17, 15) is 8.42 Å². The number of nitrogens with zero attached hydrogens (tertiary/aromatic N) is 2. The van der Waals surface area contributed by atoms with Gasteiger partial charge >= 0.3 is 0 Å². The van der Waals surface area contributed by atoms with Gasteiger partial charge in [-0.3, -0.25) is 0 Å². The third kappa shape index (κ3) is 4.29. The van der Waals surface area contributed by atoms with E-state index in [-0.39, 0.29) is 23.4 Å². The van der Waals surface area contributed by atoms with Crippen molar-refractivity contribution in [1.29, 1.82) is 0 Å². The zero-order chi connectivity index (χ0) is 18.0. The number of anilines is 1. The monoisotopic (exact) mass is 366 g/mol. The van der Waals surface area contributed by atoms with Crippen molar-refractivity contribution in [2.24, 2.45) is 0 Å². The van der Waals surface area contributed by atoms with Crippen LogP contribution in [0.25, 0.3) is 0 Å². The van der Waals surface area contributed by atoms with E-state index < -0.39 is 10.0 Å². The van der Waals surface area contributed by atoms with Crippen LogP contribution in [0.3, 0.4) is 0 Å². The first-order valence-corrected chi connectivity index (χ1v) is 9.64. The molecule has 0 atom stereocenters. The quantitative estimate of drug-likeness (QED) is 0.738. The lowest BCUT2D eigenvalue weighted by atomic mass is 10.2. The molecule has 1 aromatic heterocycles. The Morgan fingerprint density at radius 1 is 1.36 bits per heavy atom. The van der Waals surface area contributed by atoms with Gasteiger partial charge in [-0.25, -0.2) is 13.1 Å². The Labute approximate surface area is 147 Å². The number of hydrogen-bond donors (Lipinski definition) is 2. The number of nitrogens with one attached hydrogen (secondary N) is 2. The molecular formula is C16H22N4O4S. The van der Waals surface area contributed by atoms with Gasteiger partial charge in [0.15, 0.2) is 5.82 Å². The molecule has 1 aliphatic carbocycles. The minimum absolute atomic E-state index is 0.0522. The highest BCUT2D eigenvalue weighted by Crippen LogP contribution is 2.29. The molecule has 0 unspecified atom stereocenters. The predicted octanol–water partition coefficient (Wildman–Crippen LogP) is 2.25. The first-order chi connectivity index (χ1) is 11.9. The lowest BCUT2D eigenvalue weighted by Gasteiger charge is -2.12. The Kier molecular flexibility index (Phi) is 4.96. The highest BCUT2D eigenvalue weighted by molar-refractivity contribution is 7.89. The summed E-state index contributed by atoms with van der Waals surface area (Å²) in [6.07, 6.45) is 1.77. The number of rotatable bonds is 8. The zero-order valence-corrected chi connectivity index (χ0v) is 15.3. The van der Waals surface area contributed by atoms with Gasteiger partial charge in [-0.1, -0.05) is 19.0 Å². The molecule has 0 spiro atoms. The van der Waals surface area contributed by atoms with Gasteiger partial charge in [0, 0.05) is 12.0 Å². The van der Waals surface area contributed by atoms with Gasteiger partial charge in [0.2, 0.25) is 15.9 Å². The summed E-state index contributed by atoms with van der Waals surface area (Å²) in [6, 6.07) is 4.75. The molecule has 136 valence electrons. The van der Waals surface area contributed by atoms with Crippen LogP contribution in [-0.2, 0) is 16.6 Å². The van der Waals surface area contributed by atoms with Crippen LogP contribution in [0.2, 0.25) is 0 Å². The van der Waals surface area contributed by atoms with E-state index in [4.69, 9.17) is 9.26 Å². The van der Waals surface area contributed by atoms with Crippen LogP contribution in [-0.4, -0.2) is 31.7 Å². The minimum Gasteiger partial charge on any atom is -0.495 e. The molecular weight excluding hydrogens is 344 g/mol. The van der Waals surface area contributed by atoms with Crippen LogP contribution in [0.5, 0.6) is 5.75 Å². The van der Waals surface area contributed by atoms with Gasteiger partial charge in [0.25, 0.3) is 0 Å². The SMILES string of the molecule is COc1ccc(S(=O)(=O)NC2CC2)cc1NCc1nc(C(C)C)no1. The Morgan fingerprint density at radius 2 is 2.12 bits per heavy atom. The summed E-state index contributed by atoms with van der Waals surface area (Å²) < 4.78 is 37.9. The Bertz CT molecular complexity index is 844. The molecule has 1 aliphatic rings. The topological polar surface area (TPSA) is 106 Å². The van der Waals surface area contributed by atoms with E-state index in [1.807, 2.05) is 13.8 Å². The summed E-state index contributed by atoms with van der Waals surface area (Å²) >= 11 is 0. The molecule has 0 amide bonds. The normalized spacial score (nSPS) is 14.7. The number of ether oxygens (including phenoxy) is 1. The Hall–Kier alpha value is -2.13. The fourth-order valence-corrected chi connectivity index (χ4v) is 3.56. The molecule has 1 fully saturated rings. The third-order valence-electron chi connectivity index (χ3n) is 3.81. The van der Waals surface area contributed by atoms with Crippen LogP contribution < -0.4 is 14.8 Å². The van der Waals surface area contributed by atoms with E-state index in [2.05, 4.69) is 20.2 Å². The van der Waals surface area contributed by atoms with Crippen molar-refractivity contribution in [3.05, 3.63) is 29.9 Å². The number of methoxy groups -OCH3 is 1. The van der Waals surface area contributed by atoms with Crippen LogP contribution >= 0.6 is 0 Å². The zero-order valence-electron chi connectivity index (χ0n) is 14.4. The van der Waals surface area contributed by atoms with Crippen LogP contribution in [0.15, 0.2) is 27.6 Å². The maximum atomic E-state index is 12.4. The van der Waals surface area contributed by atoms with Crippen molar-refractivity contribution in [3.8, 4) is 5.75 Å². The summed E-state index contributed by atoms with van der Waals surface area (Å²) in [7, 11) is -2.00. The van der Waals surface area contributed by atoms with Gasteiger partial charge in [-0.2, -0.15) is 4.98 Å². The van der Waals surface area contributed by atoms with Crippen molar-refractivity contribution < 1.29 is 17.7 Å². The second-order valence-electron chi connectivity index (χ2n) is 6.31. The van der Waals surface area contributed by atoms with E-state index in [0.717, 1.165) is 12.8 Å².